The number of hydrogen-bond donors (Lipinski definition) is 1. The molecule has 5 nitrogen and oxygen atoms in total. The molecule has 2 aromatic rings. The Labute approximate surface area is 119 Å². The molecule has 0 spiro atoms. The maximum atomic E-state index is 10.6. The van der Waals surface area contributed by atoms with Gasteiger partial charge in [-0.1, -0.05) is 41.6 Å². The number of nitrogens with zero attached hydrogens (tertiary/aromatic N) is 3. The summed E-state index contributed by atoms with van der Waals surface area (Å²) in [5.74, 6) is -0.932. The second-order valence-electron chi connectivity index (χ2n) is 3.90. The maximum absolute atomic E-state index is 10.6. The molecular weight excluding hydrogens is 286 g/mol. The van der Waals surface area contributed by atoms with Crippen LogP contribution in [-0.4, -0.2) is 31.6 Å². The standard InChI is InChI=1S/C12H12ClN3O2S/c1-8(9-4-2-3-5-10(9)13)16-7-14-15-12(16)19-6-11(17)18/h2-5,7-8H,6H2,1H3,(H,17,18). The summed E-state index contributed by atoms with van der Waals surface area (Å²) >= 11 is 7.30. The molecule has 0 bridgehead atoms. The van der Waals surface area contributed by atoms with E-state index in [1.807, 2.05) is 35.8 Å². The summed E-state index contributed by atoms with van der Waals surface area (Å²) in [6.45, 7) is 1.97. The van der Waals surface area contributed by atoms with Crippen molar-refractivity contribution >= 4 is 29.3 Å². The van der Waals surface area contributed by atoms with Gasteiger partial charge in [-0.2, -0.15) is 0 Å². The normalized spacial score (nSPS) is 12.3. The van der Waals surface area contributed by atoms with Crippen molar-refractivity contribution in [2.75, 3.05) is 5.75 Å². The topological polar surface area (TPSA) is 68.0 Å². The highest BCUT2D eigenvalue weighted by Gasteiger charge is 2.16. The zero-order valence-electron chi connectivity index (χ0n) is 10.2. The lowest BCUT2D eigenvalue weighted by Crippen LogP contribution is -2.09. The zero-order chi connectivity index (χ0) is 13.8. The van der Waals surface area contributed by atoms with Crippen molar-refractivity contribution in [2.45, 2.75) is 18.1 Å². The Kier molecular flexibility index (Phi) is 4.44. The van der Waals surface area contributed by atoms with Crippen molar-refractivity contribution in [1.29, 1.82) is 0 Å². The van der Waals surface area contributed by atoms with E-state index >= 15 is 0 Å². The summed E-state index contributed by atoms with van der Waals surface area (Å²) < 4.78 is 1.81. The predicted octanol–water partition coefficient (Wildman–Crippen LogP) is 2.72. The van der Waals surface area contributed by atoms with Crippen LogP contribution in [0.25, 0.3) is 0 Å². The van der Waals surface area contributed by atoms with Crippen LogP contribution in [0.3, 0.4) is 0 Å². The van der Waals surface area contributed by atoms with Crippen molar-refractivity contribution in [1.82, 2.24) is 14.8 Å². The number of thioether (sulfide) groups is 1. The van der Waals surface area contributed by atoms with Crippen LogP contribution in [-0.2, 0) is 4.79 Å². The molecule has 100 valence electrons. The van der Waals surface area contributed by atoms with E-state index in [0.29, 0.717) is 10.2 Å². The number of aliphatic carboxylic acids is 1. The van der Waals surface area contributed by atoms with Gasteiger partial charge in [0.1, 0.15) is 6.33 Å². The molecule has 1 atom stereocenters. The smallest absolute Gasteiger partial charge is 0.313 e. The summed E-state index contributed by atoms with van der Waals surface area (Å²) in [6, 6.07) is 7.47. The highest BCUT2D eigenvalue weighted by Crippen LogP contribution is 2.28. The maximum Gasteiger partial charge on any atom is 0.313 e. The van der Waals surface area contributed by atoms with E-state index in [-0.39, 0.29) is 11.8 Å². The van der Waals surface area contributed by atoms with Crippen LogP contribution in [0.4, 0.5) is 0 Å². The Morgan fingerprint density at radius 2 is 2.26 bits per heavy atom. The fourth-order valence-electron chi connectivity index (χ4n) is 1.69. The molecule has 2 rings (SSSR count). The van der Waals surface area contributed by atoms with E-state index in [2.05, 4.69) is 10.2 Å². The van der Waals surface area contributed by atoms with Gasteiger partial charge < -0.3 is 9.67 Å². The van der Waals surface area contributed by atoms with Gasteiger partial charge >= 0.3 is 5.97 Å². The first-order chi connectivity index (χ1) is 9.09. The number of carboxylic acid groups (broad SMARTS) is 1. The average Bonchev–Trinajstić information content (AvgIpc) is 2.84. The second-order valence-corrected chi connectivity index (χ2v) is 5.25. The molecule has 0 aliphatic carbocycles. The Morgan fingerprint density at radius 3 is 2.95 bits per heavy atom. The van der Waals surface area contributed by atoms with Crippen LogP contribution >= 0.6 is 23.4 Å². The Morgan fingerprint density at radius 1 is 1.53 bits per heavy atom. The molecule has 1 aromatic heterocycles. The zero-order valence-corrected chi connectivity index (χ0v) is 11.7. The minimum atomic E-state index is -0.884. The average molecular weight is 298 g/mol. The third-order valence-corrected chi connectivity index (χ3v) is 3.92. The van der Waals surface area contributed by atoms with E-state index in [1.54, 1.807) is 6.33 Å². The molecule has 0 radical (unpaired) electrons. The molecule has 1 heterocycles. The highest BCUT2D eigenvalue weighted by atomic mass is 35.5. The van der Waals surface area contributed by atoms with Gasteiger partial charge in [-0.15, -0.1) is 10.2 Å². The second kappa shape index (κ2) is 6.08. The van der Waals surface area contributed by atoms with Gasteiger partial charge in [-0.25, -0.2) is 0 Å². The van der Waals surface area contributed by atoms with Crippen LogP contribution < -0.4 is 0 Å². The van der Waals surface area contributed by atoms with E-state index in [1.165, 1.54) is 0 Å². The minimum Gasteiger partial charge on any atom is -0.481 e. The summed E-state index contributed by atoms with van der Waals surface area (Å²) in [5.41, 5.74) is 0.946. The first-order valence-corrected chi connectivity index (χ1v) is 6.94. The predicted molar refractivity (Wildman–Crippen MR) is 73.6 cm³/mol. The van der Waals surface area contributed by atoms with Crippen molar-refractivity contribution < 1.29 is 9.90 Å². The van der Waals surface area contributed by atoms with Gasteiger partial charge in [0.05, 0.1) is 11.8 Å². The summed E-state index contributed by atoms with van der Waals surface area (Å²) in [7, 11) is 0. The van der Waals surface area contributed by atoms with E-state index < -0.39 is 5.97 Å². The summed E-state index contributed by atoms with van der Waals surface area (Å²) in [6.07, 6.45) is 1.58. The van der Waals surface area contributed by atoms with Gasteiger partial charge in [-0.05, 0) is 18.6 Å². The molecule has 19 heavy (non-hydrogen) atoms. The van der Waals surface area contributed by atoms with Crippen molar-refractivity contribution in [2.24, 2.45) is 0 Å². The lowest BCUT2D eigenvalue weighted by atomic mass is 10.1. The number of rotatable bonds is 5. The van der Waals surface area contributed by atoms with Crippen molar-refractivity contribution in [3.05, 3.63) is 41.2 Å². The molecule has 1 unspecified atom stereocenters. The third kappa shape index (κ3) is 3.27. The monoisotopic (exact) mass is 297 g/mol. The van der Waals surface area contributed by atoms with Gasteiger partial charge in [0.25, 0.3) is 0 Å². The van der Waals surface area contributed by atoms with E-state index in [4.69, 9.17) is 16.7 Å². The number of hydrogen-bond acceptors (Lipinski definition) is 4. The van der Waals surface area contributed by atoms with Gasteiger partial charge in [-0.3, -0.25) is 4.79 Å². The SMILES string of the molecule is CC(c1ccccc1Cl)n1cnnc1SCC(=O)O. The third-order valence-electron chi connectivity index (χ3n) is 2.64. The molecule has 0 fully saturated rings. The number of benzene rings is 1. The molecule has 1 N–H and O–H groups in total. The summed E-state index contributed by atoms with van der Waals surface area (Å²) in [4.78, 5) is 10.6. The first-order valence-electron chi connectivity index (χ1n) is 5.58. The molecule has 7 heteroatoms. The van der Waals surface area contributed by atoms with Crippen LogP contribution in [0, 0.1) is 0 Å². The number of aromatic nitrogens is 3. The van der Waals surface area contributed by atoms with Crippen LogP contribution in [0.15, 0.2) is 35.7 Å². The molecule has 0 aliphatic rings. The van der Waals surface area contributed by atoms with Gasteiger partial charge in [0.2, 0.25) is 0 Å². The minimum absolute atomic E-state index is 0.0477. The lowest BCUT2D eigenvalue weighted by Gasteiger charge is -2.16. The first kappa shape index (κ1) is 13.9. The Bertz CT molecular complexity index is 588. The highest BCUT2D eigenvalue weighted by molar-refractivity contribution is 7.99. The Balaban J connectivity index is 2.25. The van der Waals surface area contributed by atoms with Gasteiger partial charge in [0, 0.05) is 5.02 Å². The fourth-order valence-corrected chi connectivity index (χ4v) is 2.70. The van der Waals surface area contributed by atoms with Crippen molar-refractivity contribution in [3.63, 3.8) is 0 Å². The van der Waals surface area contributed by atoms with Crippen LogP contribution in [0.1, 0.15) is 18.5 Å². The molecule has 1 aromatic carbocycles. The molecule has 0 aliphatic heterocycles. The molecule has 0 amide bonds. The lowest BCUT2D eigenvalue weighted by molar-refractivity contribution is -0.133. The fraction of sp³-hybridized carbons (Fsp3) is 0.250. The largest absolute Gasteiger partial charge is 0.481 e. The van der Waals surface area contributed by atoms with E-state index in [9.17, 15) is 4.79 Å². The summed E-state index contributed by atoms with van der Waals surface area (Å²) in [5, 5.41) is 17.7. The quantitative estimate of drug-likeness (QED) is 0.859. The number of halogens is 1. The van der Waals surface area contributed by atoms with E-state index in [0.717, 1.165) is 17.3 Å². The number of carboxylic acids is 1. The number of carbonyl (C=O) groups is 1. The molecule has 0 saturated heterocycles. The Hall–Kier alpha value is -1.53. The van der Waals surface area contributed by atoms with Crippen molar-refractivity contribution in [3.8, 4) is 0 Å². The van der Waals surface area contributed by atoms with Crippen LogP contribution in [0.5, 0.6) is 0 Å². The van der Waals surface area contributed by atoms with Crippen LogP contribution in [0.2, 0.25) is 5.02 Å². The molecule has 0 saturated carbocycles. The molecular formula is C12H12ClN3O2S. The van der Waals surface area contributed by atoms with Gasteiger partial charge in [0.15, 0.2) is 5.16 Å².